The minimum atomic E-state index is 0.694. The van der Waals surface area contributed by atoms with Crippen molar-refractivity contribution in [1.82, 2.24) is 9.55 Å². The van der Waals surface area contributed by atoms with Crippen LogP contribution in [-0.2, 0) is 0 Å². The molecule has 0 unspecified atom stereocenters. The van der Waals surface area contributed by atoms with Crippen molar-refractivity contribution in [3.05, 3.63) is 119 Å². The van der Waals surface area contributed by atoms with Gasteiger partial charge in [0.05, 0.1) is 11.4 Å². The molecule has 0 radical (unpaired) electrons. The lowest BCUT2D eigenvalue weighted by Gasteiger charge is -2.14. The zero-order valence-corrected chi connectivity index (χ0v) is 18.1. The van der Waals surface area contributed by atoms with Gasteiger partial charge < -0.3 is 0 Å². The third kappa shape index (κ3) is 3.88. The van der Waals surface area contributed by atoms with Gasteiger partial charge in [0.15, 0.2) is 0 Å². The van der Waals surface area contributed by atoms with Crippen LogP contribution in [0.1, 0.15) is 0 Å². The lowest BCUT2D eigenvalue weighted by atomic mass is 10.0. The number of nitrogens with zero attached hydrogens (tertiary/aromatic N) is 2. The lowest BCUT2D eigenvalue weighted by Crippen LogP contribution is -2.00. The summed E-state index contributed by atoms with van der Waals surface area (Å²) in [5, 5.41) is 1.39. The fourth-order valence-electron chi connectivity index (χ4n) is 3.71. The number of hydrogen-bond acceptors (Lipinski definition) is 1. The Bertz CT molecular complexity index is 1310. The van der Waals surface area contributed by atoms with Gasteiger partial charge in [-0.25, -0.2) is 4.98 Å². The Labute approximate surface area is 191 Å². The van der Waals surface area contributed by atoms with E-state index in [0.29, 0.717) is 10.0 Å². The third-order valence-electron chi connectivity index (χ3n) is 5.16. The van der Waals surface area contributed by atoms with E-state index < -0.39 is 0 Å². The van der Waals surface area contributed by atoms with Crippen molar-refractivity contribution in [2.75, 3.05) is 0 Å². The Kier molecular flexibility index (Phi) is 5.33. The SMILES string of the molecule is Clc1ccc(-c2nc(-c3ccccc3)c(-c3ccccc3)n2-c2ccc(Cl)cc2)cc1. The molecule has 1 aromatic heterocycles. The molecule has 0 fully saturated rings. The molecule has 1 heterocycles. The molecule has 5 aromatic rings. The first-order valence-electron chi connectivity index (χ1n) is 9.96. The fraction of sp³-hybridized carbons (Fsp3) is 0. The molecule has 0 aliphatic heterocycles. The van der Waals surface area contributed by atoms with Crippen LogP contribution in [0, 0.1) is 0 Å². The van der Waals surface area contributed by atoms with Gasteiger partial charge in [0.2, 0.25) is 0 Å². The van der Waals surface area contributed by atoms with E-state index in [1.807, 2.05) is 84.9 Å². The Morgan fingerprint density at radius 2 is 1.03 bits per heavy atom. The van der Waals surface area contributed by atoms with E-state index in [1.165, 1.54) is 0 Å². The van der Waals surface area contributed by atoms with E-state index in [0.717, 1.165) is 39.6 Å². The van der Waals surface area contributed by atoms with E-state index in [1.54, 1.807) is 0 Å². The van der Waals surface area contributed by atoms with Gasteiger partial charge in [0, 0.05) is 32.4 Å². The Hall–Kier alpha value is -3.33. The Morgan fingerprint density at radius 3 is 1.61 bits per heavy atom. The van der Waals surface area contributed by atoms with Crippen LogP contribution < -0.4 is 0 Å². The molecular weight excluding hydrogens is 423 g/mol. The van der Waals surface area contributed by atoms with Crippen molar-refractivity contribution < 1.29 is 0 Å². The third-order valence-corrected chi connectivity index (χ3v) is 5.66. The average molecular weight is 441 g/mol. The predicted molar refractivity (Wildman–Crippen MR) is 130 cm³/mol. The lowest BCUT2D eigenvalue weighted by molar-refractivity contribution is 1.07. The zero-order valence-electron chi connectivity index (χ0n) is 16.5. The zero-order chi connectivity index (χ0) is 21.2. The summed E-state index contributed by atoms with van der Waals surface area (Å²) in [5.74, 6) is 0.844. The summed E-state index contributed by atoms with van der Waals surface area (Å²) in [6.45, 7) is 0. The van der Waals surface area contributed by atoms with Gasteiger partial charge >= 0.3 is 0 Å². The molecular formula is C27H18Cl2N2. The smallest absolute Gasteiger partial charge is 0.145 e. The molecule has 0 atom stereocenters. The molecule has 0 N–H and O–H groups in total. The van der Waals surface area contributed by atoms with E-state index in [2.05, 4.69) is 28.8 Å². The van der Waals surface area contributed by atoms with Crippen LogP contribution in [0.25, 0.3) is 39.6 Å². The first kappa shape index (κ1) is 19.6. The molecule has 4 heteroatoms. The van der Waals surface area contributed by atoms with E-state index in [9.17, 15) is 0 Å². The normalized spacial score (nSPS) is 10.9. The number of halogens is 2. The molecule has 0 aliphatic rings. The van der Waals surface area contributed by atoms with Crippen molar-refractivity contribution in [3.8, 4) is 39.6 Å². The maximum absolute atomic E-state index is 6.19. The van der Waals surface area contributed by atoms with Gasteiger partial charge in [0.25, 0.3) is 0 Å². The molecule has 150 valence electrons. The predicted octanol–water partition coefficient (Wildman–Crippen LogP) is 8.18. The molecule has 31 heavy (non-hydrogen) atoms. The van der Waals surface area contributed by atoms with Crippen molar-refractivity contribution in [3.63, 3.8) is 0 Å². The van der Waals surface area contributed by atoms with Crippen LogP contribution in [0.4, 0.5) is 0 Å². The summed E-state index contributed by atoms with van der Waals surface area (Å²) in [6, 6.07) is 36.2. The van der Waals surface area contributed by atoms with Gasteiger partial charge in [-0.15, -0.1) is 0 Å². The molecule has 0 saturated heterocycles. The second-order valence-electron chi connectivity index (χ2n) is 7.18. The molecule has 0 saturated carbocycles. The van der Waals surface area contributed by atoms with Crippen LogP contribution in [-0.4, -0.2) is 9.55 Å². The van der Waals surface area contributed by atoms with Gasteiger partial charge in [-0.1, -0.05) is 83.9 Å². The summed E-state index contributed by atoms with van der Waals surface area (Å²) >= 11 is 12.4. The molecule has 0 spiro atoms. The molecule has 0 aliphatic carbocycles. The van der Waals surface area contributed by atoms with Crippen LogP contribution in [0.3, 0.4) is 0 Å². The first-order valence-corrected chi connectivity index (χ1v) is 10.7. The van der Waals surface area contributed by atoms with Crippen LogP contribution in [0.5, 0.6) is 0 Å². The van der Waals surface area contributed by atoms with Gasteiger partial charge in [-0.2, -0.15) is 0 Å². The number of aromatic nitrogens is 2. The van der Waals surface area contributed by atoms with Gasteiger partial charge in [-0.05, 0) is 48.5 Å². The first-order chi connectivity index (χ1) is 15.2. The largest absolute Gasteiger partial charge is 0.292 e. The van der Waals surface area contributed by atoms with Crippen LogP contribution >= 0.6 is 23.2 Å². The van der Waals surface area contributed by atoms with E-state index in [4.69, 9.17) is 28.2 Å². The van der Waals surface area contributed by atoms with Crippen molar-refractivity contribution >= 4 is 23.2 Å². The minimum Gasteiger partial charge on any atom is -0.292 e. The Morgan fingerprint density at radius 1 is 0.516 bits per heavy atom. The van der Waals surface area contributed by atoms with Crippen LogP contribution in [0.15, 0.2) is 109 Å². The summed E-state index contributed by atoms with van der Waals surface area (Å²) in [6.07, 6.45) is 0. The van der Waals surface area contributed by atoms with Crippen LogP contribution in [0.2, 0.25) is 10.0 Å². The maximum atomic E-state index is 6.19. The molecule has 2 nitrogen and oxygen atoms in total. The van der Waals surface area contributed by atoms with Gasteiger partial charge in [0.1, 0.15) is 5.82 Å². The highest BCUT2D eigenvalue weighted by atomic mass is 35.5. The number of hydrogen-bond donors (Lipinski definition) is 0. The highest BCUT2D eigenvalue weighted by Crippen LogP contribution is 2.38. The van der Waals surface area contributed by atoms with E-state index in [-0.39, 0.29) is 0 Å². The minimum absolute atomic E-state index is 0.694. The average Bonchev–Trinajstić information content (AvgIpc) is 3.22. The highest BCUT2D eigenvalue weighted by molar-refractivity contribution is 6.30. The van der Waals surface area contributed by atoms with Gasteiger partial charge in [-0.3, -0.25) is 4.57 Å². The fourth-order valence-corrected chi connectivity index (χ4v) is 3.97. The van der Waals surface area contributed by atoms with E-state index >= 15 is 0 Å². The molecule has 5 rings (SSSR count). The van der Waals surface area contributed by atoms with Crippen molar-refractivity contribution in [2.24, 2.45) is 0 Å². The van der Waals surface area contributed by atoms with Crippen molar-refractivity contribution in [1.29, 1.82) is 0 Å². The quantitative estimate of drug-likeness (QED) is 0.275. The Balaban J connectivity index is 1.87. The molecule has 4 aromatic carbocycles. The second kappa shape index (κ2) is 8.43. The topological polar surface area (TPSA) is 17.8 Å². The summed E-state index contributed by atoms with van der Waals surface area (Å²) in [4.78, 5) is 5.14. The second-order valence-corrected chi connectivity index (χ2v) is 8.06. The number of imidazole rings is 1. The number of benzene rings is 4. The standard InChI is InChI=1S/C27H18Cl2N2/c28-22-13-11-21(12-14-22)27-30-25(19-7-3-1-4-8-19)26(20-9-5-2-6-10-20)31(27)24-17-15-23(29)16-18-24/h1-18H. The highest BCUT2D eigenvalue weighted by Gasteiger charge is 2.22. The summed E-state index contributed by atoms with van der Waals surface area (Å²) in [5.41, 5.74) is 6.07. The monoisotopic (exact) mass is 440 g/mol. The molecule has 0 amide bonds. The number of rotatable bonds is 4. The van der Waals surface area contributed by atoms with Crippen molar-refractivity contribution in [2.45, 2.75) is 0 Å². The summed E-state index contributed by atoms with van der Waals surface area (Å²) < 4.78 is 2.19. The molecule has 0 bridgehead atoms. The maximum Gasteiger partial charge on any atom is 0.145 e. The summed E-state index contributed by atoms with van der Waals surface area (Å²) in [7, 11) is 0.